The summed E-state index contributed by atoms with van der Waals surface area (Å²) in [6.07, 6.45) is 2.58. The minimum Gasteiger partial charge on any atom is -0.481 e. The highest BCUT2D eigenvalue weighted by atomic mass is 16.4. The number of carboxylic acids is 1. The largest absolute Gasteiger partial charge is 0.481 e. The lowest BCUT2D eigenvalue weighted by Gasteiger charge is -2.10. The molecule has 1 unspecified atom stereocenters. The van der Waals surface area contributed by atoms with Crippen LogP contribution in [0.4, 0.5) is 0 Å². The molecule has 0 bridgehead atoms. The molecule has 94 valence electrons. The zero-order chi connectivity index (χ0) is 12.8. The summed E-state index contributed by atoms with van der Waals surface area (Å²) in [5.41, 5.74) is 0.479. The first kappa shape index (κ1) is 13.3. The van der Waals surface area contributed by atoms with E-state index in [2.05, 4.69) is 5.32 Å². The summed E-state index contributed by atoms with van der Waals surface area (Å²) in [6, 6.07) is 1.59. The van der Waals surface area contributed by atoms with Crippen LogP contribution in [0.5, 0.6) is 0 Å². The molecule has 1 heterocycles. The molecule has 0 aliphatic rings. The van der Waals surface area contributed by atoms with Crippen molar-refractivity contribution in [3.8, 4) is 0 Å². The molecule has 17 heavy (non-hydrogen) atoms. The predicted molar refractivity (Wildman–Crippen MR) is 61.8 cm³/mol. The Balaban J connectivity index is 2.58. The van der Waals surface area contributed by atoms with Crippen LogP contribution in [0.1, 0.15) is 36.4 Å². The van der Waals surface area contributed by atoms with Crippen molar-refractivity contribution in [2.24, 2.45) is 5.92 Å². The number of rotatable bonds is 6. The van der Waals surface area contributed by atoms with Gasteiger partial charge in [0, 0.05) is 13.0 Å². The summed E-state index contributed by atoms with van der Waals surface area (Å²) < 4.78 is 5.14. The van der Waals surface area contributed by atoms with Crippen LogP contribution in [0.15, 0.2) is 16.7 Å². The van der Waals surface area contributed by atoms with Gasteiger partial charge in [0.1, 0.15) is 5.76 Å². The fraction of sp³-hybridized carbons (Fsp3) is 0.500. The van der Waals surface area contributed by atoms with Crippen molar-refractivity contribution in [2.75, 3.05) is 6.54 Å². The van der Waals surface area contributed by atoms with Crippen LogP contribution in [0.25, 0.3) is 0 Å². The number of carbonyl (C=O) groups excluding carboxylic acids is 1. The van der Waals surface area contributed by atoms with Crippen molar-refractivity contribution < 1.29 is 19.1 Å². The van der Waals surface area contributed by atoms with E-state index in [4.69, 9.17) is 9.52 Å². The Hall–Kier alpha value is -1.78. The van der Waals surface area contributed by atoms with Gasteiger partial charge in [-0.1, -0.05) is 13.8 Å². The first-order valence-corrected chi connectivity index (χ1v) is 5.67. The van der Waals surface area contributed by atoms with Crippen molar-refractivity contribution in [2.45, 2.75) is 26.7 Å². The standard InChI is InChI=1S/C12H17NO4/c1-3-8(12(15)16)7-13-11(14)9-5-6-17-10(9)4-2/h5-6,8H,3-4,7H2,1-2H3,(H,13,14)(H,15,16). The van der Waals surface area contributed by atoms with Gasteiger partial charge in [-0.3, -0.25) is 9.59 Å². The topological polar surface area (TPSA) is 79.5 Å². The Labute approximate surface area is 99.8 Å². The highest BCUT2D eigenvalue weighted by Gasteiger charge is 2.18. The molecule has 1 atom stereocenters. The highest BCUT2D eigenvalue weighted by Crippen LogP contribution is 2.11. The molecule has 2 N–H and O–H groups in total. The summed E-state index contributed by atoms with van der Waals surface area (Å²) in [6.45, 7) is 3.81. The van der Waals surface area contributed by atoms with E-state index < -0.39 is 11.9 Å². The predicted octanol–water partition coefficient (Wildman–Crippen LogP) is 1.68. The highest BCUT2D eigenvalue weighted by molar-refractivity contribution is 5.95. The molecule has 0 radical (unpaired) electrons. The van der Waals surface area contributed by atoms with Gasteiger partial charge in [0.15, 0.2) is 0 Å². The number of furan rings is 1. The van der Waals surface area contributed by atoms with Crippen LogP contribution in [-0.4, -0.2) is 23.5 Å². The molecule has 0 aliphatic carbocycles. The van der Waals surface area contributed by atoms with Gasteiger partial charge in [0.05, 0.1) is 17.7 Å². The van der Waals surface area contributed by atoms with E-state index >= 15 is 0 Å². The van der Waals surface area contributed by atoms with Crippen molar-refractivity contribution >= 4 is 11.9 Å². The van der Waals surface area contributed by atoms with E-state index in [1.165, 1.54) is 6.26 Å². The molecule has 0 aromatic carbocycles. The SMILES string of the molecule is CCc1occc1C(=O)NCC(CC)C(=O)O. The molecule has 5 nitrogen and oxygen atoms in total. The maximum atomic E-state index is 11.8. The lowest BCUT2D eigenvalue weighted by Crippen LogP contribution is -2.32. The monoisotopic (exact) mass is 239 g/mol. The van der Waals surface area contributed by atoms with Gasteiger partial charge in [-0.05, 0) is 12.5 Å². The molecular formula is C12H17NO4. The van der Waals surface area contributed by atoms with Crippen molar-refractivity contribution in [3.05, 3.63) is 23.7 Å². The molecule has 0 saturated heterocycles. The Bertz CT molecular complexity index is 397. The number of hydrogen-bond acceptors (Lipinski definition) is 3. The van der Waals surface area contributed by atoms with Crippen LogP contribution >= 0.6 is 0 Å². The average Bonchev–Trinajstić information content (AvgIpc) is 2.77. The fourth-order valence-corrected chi connectivity index (χ4v) is 1.53. The molecule has 1 rings (SSSR count). The number of amides is 1. The van der Waals surface area contributed by atoms with Crippen LogP contribution in [0.2, 0.25) is 0 Å². The minimum absolute atomic E-state index is 0.138. The quantitative estimate of drug-likeness (QED) is 0.791. The van der Waals surface area contributed by atoms with Gasteiger partial charge in [-0.2, -0.15) is 0 Å². The van der Waals surface area contributed by atoms with E-state index in [9.17, 15) is 9.59 Å². The fourth-order valence-electron chi connectivity index (χ4n) is 1.53. The Morgan fingerprint density at radius 1 is 1.47 bits per heavy atom. The summed E-state index contributed by atoms with van der Waals surface area (Å²) in [7, 11) is 0. The first-order valence-electron chi connectivity index (χ1n) is 5.67. The van der Waals surface area contributed by atoms with Gasteiger partial charge >= 0.3 is 5.97 Å². The van der Waals surface area contributed by atoms with E-state index in [0.717, 1.165) is 0 Å². The Morgan fingerprint density at radius 3 is 2.71 bits per heavy atom. The van der Waals surface area contributed by atoms with E-state index in [1.54, 1.807) is 13.0 Å². The van der Waals surface area contributed by atoms with Gasteiger partial charge in [0.2, 0.25) is 0 Å². The number of carbonyl (C=O) groups is 2. The Kier molecular flexibility index (Phi) is 4.75. The molecule has 1 aromatic heterocycles. The number of hydrogen-bond donors (Lipinski definition) is 2. The van der Waals surface area contributed by atoms with Crippen molar-refractivity contribution in [1.29, 1.82) is 0 Å². The van der Waals surface area contributed by atoms with E-state index in [1.807, 2.05) is 6.92 Å². The van der Waals surface area contributed by atoms with Gasteiger partial charge in [0.25, 0.3) is 5.91 Å². The molecule has 0 spiro atoms. The third kappa shape index (κ3) is 3.34. The summed E-state index contributed by atoms with van der Waals surface area (Å²) in [4.78, 5) is 22.5. The lowest BCUT2D eigenvalue weighted by molar-refractivity contribution is -0.141. The normalized spacial score (nSPS) is 12.1. The van der Waals surface area contributed by atoms with E-state index in [-0.39, 0.29) is 12.5 Å². The Morgan fingerprint density at radius 2 is 2.18 bits per heavy atom. The molecule has 0 fully saturated rings. The van der Waals surface area contributed by atoms with Crippen LogP contribution in [0, 0.1) is 5.92 Å². The van der Waals surface area contributed by atoms with Crippen molar-refractivity contribution in [3.63, 3.8) is 0 Å². The lowest BCUT2D eigenvalue weighted by atomic mass is 10.1. The smallest absolute Gasteiger partial charge is 0.308 e. The van der Waals surface area contributed by atoms with Crippen LogP contribution < -0.4 is 5.32 Å². The maximum Gasteiger partial charge on any atom is 0.308 e. The molecule has 0 aliphatic heterocycles. The van der Waals surface area contributed by atoms with Crippen LogP contribution in [-0.2, 0) is 11.2 Å². The number of nitrogens with one attached hydrogen (secondary N) is 1. The number of carboxylic acid groups (broad SMARTS) is 1. The average molecular weight is 239 g/mol. The zero-order valence-electron chi connectivity index (χ0n) is 10.0. The second-order valence-electron chi connectivity index (χ2n) is 3.76. The third-order valence-electron chi connectivity index (χ3n) is 2.66. The van der Waals surface area contributed by atoms with Crippen molar-refractivity contribution in [1.82, 2.24) is 5.32 Å². The number of aliphatic carboxylic acids is 1. The van der Waals surface area contributed by atoms with E-state index in [0.29, 0.717) is 24.2 Å². The number of aryl methyl sites for hydroxylation is 1. The third-order valence-corrected chi connectivity index (χ3v) is 2.66. The van der Waals surface area contributed by atoms with Gasteiger partial charge in [-0.15, -0.1) is 0 Å². The molecule has 0 saturated carbocycles. The second-order valence-corrected chi connectivity index (χ2v) is 3.76. The molecular weight excluding hydrogens is 222 g/mol. The molecule has 1 aromatic rings. The van der Waals surface area contributed by atoms with Gasteiger partial charge < -0.3 is 14.8 Å². The zero-order valence-corrected chi connectivity index (χ0v) is 10.0. The minimum atomic E-state index is -0.893. The molecule has 5 heteroatoms. The summed E-state index contributed by atoms with van der Waals surface area (Å²) in [5, 5.41) is 11.5. The first-order chi connectivity index (χ1) is 8.10. The van der Waals surface area contributed by atoms with Crippen LogP contribution in [0.3, 0.4) is 0 Å². The second kappa shape index (κ2) is 6.08. The van der Waals surface area contributed by atoms with Gasteiger partial charge in [-0.25, -0.2) is 0 Å². The maximum absolute atomic E-state index is 11.8. The summed E-state index contributed by atoms with van der Waals surface area (Å²) in [5.74, 6) is -1.10. The summed E-state index contributed by atoms with van der Waals surface area (Å²) >= 11 is 0. The molecule has 1 amide bonds.